The van der Waals surface area contributed by atoms with Gasteiger partial charge in [-0.15, -0.1) is 0 Å². The highest BCUT2D eigenvalue weighted by molar-refractivity contribution is 5.70. The molecule has 3 nitrogen and oxygen atoms in total. The van der Waals surface area contributed by atoms with E-state index >= 15 is 0 Å². The van der Waals surface area contributed by atoms with Gasteiger partial charge in [0, 0.05) is 12.6 Å². The Morgan fingerprint density at radius 3 is 2.38 bits per heavy atom. The van der Waals surface area contributed by atoms with Crippen LogP contribution in [0.3, 0.4) is 0 Å². The zero-order chi connectivity index (χ0) is 12.2. The first kappa shape index (κ1) is 13.5. The molecule has 1 rings (SSSR count). The van der Waals surface area contributed by atoms with E-state index in [9.17, 15) is 4.79 Å². The highest BCUT2D eigenvalue weighted by atomic mass is 16.4. The number of hydrogen-bond acceptors (Lipinski definition) is 2. The predicted octanol–water partition coefficient (Wildman–Crippen LogP) is 2.66. The van der Waals surface area contributed by atoms with Gasteiger partial charge in [0.15, 0.2) is 0 Å². The number of carboxylic acid groups (broad SMARTS) is 1. The van der Waals surface area contributed by atoms with Crippen LogP contribution in [0, 0.1) is 11.3 Å². The van der Waals surface area contributed by atoms with Crippen molar-refractivity contribution in [2.45, 2.75) is 58.9 Å². The van der Waals surface area contributed by atoms with Crippen LogP contribution < -0.4 is 5.32 Å². The number of rotatable bonds is 6. The van der Waals surface area contributed by atoms with Crippen LogP contribution in [0.1, 0.15) is 52.9 Å². The smallest absolute Gasteiger partial charge is 0.307 e. The highest BCUT2D eigenvalue weighted by Gasteiger charge is 2.32. The lowest BCUT2D eigenvalue weighted by Gasteiger charge is -2.30. The summed E-state index contributed by atoms with van der Waals surface area (Å²) < 4.78 is 0. The Morgan fingerprint density at radius 2 is 1.94 bits per heavy atom. The van der Waals surface area contributed by atoms with E-state index in [4.69, 9.17) is 5.11 Å². The van der Waals surface area contributed by atoms with Crippen molar-refractivity contribution in [1.29, 1.82) is 0 Å². The molecule has 2 atom stereocenters. The molecule has 0 saturated heterocycles. The van der Waals surface area contributed by atoms with Crippen molar-refractivity contribution >= 4 is 5.97 Å². The van der Waals surface area contributed by atoms with Gasteiger partial charge in [-0.25, -0.2) is 0 Å². The molecular weight excluding hydrogens is 202 g/mol. The summed E-state index contributed by atoms with van der Waals surface area (Å²) in [7, 11) is 0. The second-order valence-electron chi connectivity index (χ2n) is 5.36. The molecule has 1 saturated carbocycles. The largest absolute Gasteiger partial charge is 0.481 e. The molecule has 0 amide bonds. The Labute approximate surface area is 98.6 Å². The van der Waals surface area contributed by atoms with Gasteiger partial charge in [-0.1, -0.05) is 26.7 Å². The van der Waals surface area contributed by atoms with Crippen LogP contribution in [-0.2, 0) is 4.79 Å². The van der Waals surface area contributed by atoms with Gasteiger partial charge in [0.1, 0.15) is 0 Å². The van der Waals surface area contributed by atoms with Gasteiger partial charge >= 0.3 is 5.97 Å². The first-order valence-corrected chi connectivity index (χ1v) is 6.47. The molecule has 0 aromatic carbocycles. The molecule has 16 heavy (non-hydrogen) atoms. The van der Waals surface area contributed by atoms with Crippen LogP contribution >= 0.6 is 0 Å². The fraction of sp³-hybridized carbons (Fsp3) is 0.923. The fourth-order valence-corrected chi connectivity index (χ4v) is 2.55. The van der Waals surface area contributed by atoms with Crippen LogP contribution in [0.15, 0.2) is 0 Å². The summed E-state index contributed by atoms with van der Waals surface area (Å²) in [6, 6.07) is 0.0570. The zero-order valence-electron chi connectivity index (χ0n) is 10.8. The van der Waals surface area contributed by atoms with E-state index < -0.39 is 5.97 Å². The molecule has 1 aliphatic rings. The van der Waals surface area contributed by atoms with E-state index in [1.54, 1.807) is 6.92 Å². The third-order valence-corrected chi connectivity index (χ3v) is 4.35. The zero-order valence-corrected chi connectivity index (χ0v) is 10.8. The second-order valence-corrected chi connectivity index (χ2v) is 5.36. The van der Waals surface area contributed by atoms with Gasteiger partial charge in [0.25, 0.3) is 0 Å². The molecule has 2 unspecified atom stereocenters. The normalized spacial score (nSPS) is 22.9. The van der Waals surface area contributed by atoms with E-state index in [-0.39, 0.29) is 12.0 Å². The summed E-state index contributed by atoms with van der Waals surface area (Å²) >= 11 is 0. The summed E-state index contributed by atoms with van der Waals surface area (Å²) in [5.74, 6) is -1.02. The van der Waals surface area contributed by atoms with Crippen molar-refractivity contribution < 1.29 is 9.90 Å². The van der Waals surface area contributed by atoms with Crippen LogP contribution in [0.4, 0.5) is 0 Å². The first-order valence-electron chi connectivity index (χ1n) is 6.47. The van der Waals surface area contributed by atoms with E-state index in [1.807, 2.05) is 6.92 Å². The Bertz CT molecular complexity index is 234. The maximum absolute atomic E-state index is 10.8. The molecule has 0 aromatic heterocycles. The molecule has 0 aromatic rings. The van der Waals surface area contributed by atoms with E-state index in [1.165, 1.54) is 32.1 Å². The molecule has 0 radical (unpaired) electrons. The summed E-state index contributed by atoms with van der Waals surface area (Å²) in [4.78, 5) is 10.8. The monoisotopic (exact) mass is 227 g/mol. The van der Waals surface area contributed by atoms with E-state index in [0.29, 0.717) is 5.41 Å². The average molecular weight is 227 g/mol. The fourth-order valence-electron chi connectivity index (χ4n) is 2.55. The van der Waals surface area contributed by atoms with E-state index in [0.717, 1.165) is 6.54 Å². The van der Waals surface area contributed by atoms with Gasteiger partial charge in [-0.2, -0.15) is 0 Å². The Hall–Kier alpha value is -0.570. The second kappa shape index (κ2) is 5.67. The molecule has 2 N–H and O–H groups in total. The van der Waals surface area contributed by atoms with Gasteiger partial charge in [0.2, 0.25) is 0 Å². The molecule has 0 spiro atoms. The van der Waals surface area contributed by atoms with Crippen molar-refractivity contribution in [3.63, 3.8) is 0 Å². The maximum atomic E-state index is 10.8. The average Bonchev–Trinajstić information content (AvgIpc) is 2.74. The van der Waals surface area contributed by atoms with Crippen molar-refractivity contribution in [3.05, 3.63) is 0 Å². The molecular formula is C13H25NO2. The van der Waals surface area contributed by atoms with Crippen LogP contribution in [0.5, 0.6) is 0 Å². The first-order chi connectivity index (χ1) is 7.51. The minimum Gasteiger partial charge on any atom is -0.481 e. The lowest BCUT2D eigenvalue weighted by molar-refractivity contribution is -0.142. The summed E-state index contributed by atoms with van der Waals surface area (Å²) in [5.41, 5.74) is 0.437. The summed E-state index contributed by atoms with van der Waals surface area (Å²) in [6.07, 6.45) is 6.46. The van der Waals surface area contributed by atoms with Crippen molar-refractivity contribution in [3.8, 4) is 0 Å². The van der Waals surface area contributed by atoms with Gasteiger partial charge in [0.05, 0.1) is 5.92 Å². The number of aliphatic carboxylic acids is 1. The van der Waals surface area contributed by atoms with Gasteiger partial charge in [-0.05, 0) is 31.6 Å². The number of hydrogen-bond donors (Lipinski definition) is 2. The van der Waals surface area contributed by atoms with Crippen LogP contribution in [-0.4, -0.2) is 23.7 Å². The van der Waals surface area contributed by atoms with Crippen molar-refractivity contribution in [1.82, 2.24) is 5.32 Å². The number of nitrogens with one attached hydrogen (secondary N) is 1. The molecule has 0 bridgehead atoms. The minimum atomic E-state index is -0.711. The van der Waals surface area contributed by atoms with E-state index in [2.05, 4.69) is 12.2 Å². The highest BCUT2D eigenvalue weighted by Crippen LogP contribution is 2.40. The van der Waals surface area contributed by atoms with Crippen LogP contribution in [0.25, 0.3) is 0 Å². The lowest BCUT2D eigenvalue weighted by Crippen LogP contribution is -2.42. The maximum Gasteiger partial charge on any atom is 0.307 e. The number of carbonyl (C=O) groups is 1. The van der Waals surface area contributed by atoms with Gasteiger partial charge < -0.3 is 10.4 Å². The van der Waals surface area contributed by atoms with Gasteiger partial charge in [-0.3, -0.25) is 4.79 Å². The molecule has 1 aliphatic carbocycles. The Morgan fingerprint density at radius 1 is 1.38 bits per heavy atom. The van der Waals surface area contributed by atoms with Crippen molar-refractivity contribution in [2.75, 3.05) is 6.54 Å². The molecule has 1 fully saturated rings. The topological polar surface area (TPSA) is 49.3 Å². The standard InChI is InChI=1S/C13H25NO2/c1-4-13(7-5-6-8-13)9-14-11(3)10(2)12(15)16/h10-11,14H,4-9H2,1-3H3,(H,15,16). The minimum absolute atomic E-state index is 0.0570. The Kier molecular flexibility index (Phi) is 4.78. The molecule has 94 valence electrons. The third-order valence-electron chi connectivity index (χ3n) is 4.35. The van der Waals surface area contributed by atoms with Crippen molar-refractivity contribution in [2.24, 2.45) is 11.3 Å². The molecule has 0 heterocycles. The summed E-state index contributed by atoms with van der Waals surface area (Å²) in [5, 5.41) is 12.3. The summed E-state index contributed by atoms with van der Waals surface area (Å²) in [6.45, 7) is 6.96. The SMILES string of the molecule is CCC1(CNC(C)C(C)C(=O)O)CCCC1. The third kappa shape index (κ3) is 3.21. The molecule has 0 aliphatic heterocycles. The Balaban J connectivity index is 2.40. The predicted molar refractivity (Wildman–Crippen MR) is 65.5 cm³/mol. The lowest BCUT2D eigenvalue weighted by atomic mass is 9.83. The quantitative estimate of drug-likeness (QED) is 0.733. The molecule has 3 heteroatoms. The number of carboxylic acids is 1. The van der Waals surface area contributed by atoms with Crippen LogP contribution in [0.2, 0.25) is 0 Å².